The average Bonchev–Trinajstić information content (AvgIpc) is 3.12. The summed E-state index contributed by atoms with van der Waals surface area (Å²) >= 11 is 0. The van der Waals surface area contributed by atoms with Crippen molar-refractivity contribution in [2.75, 3.05) is 0 Å². The molecule has 8 nitrogen and oxygen atoms in total. The number of carboxylic acid groups (broad SMARTS) is 3. The third kappa shape index (κ3) is 6.31. The molecule has 2 aromatic carbocycles. The molecule has 8 heteroatoms. The molecular weight excluding hydrogens is 376 g/mol. The second kappa shape index (κ2) is 9.32. The van der Waals surface area contributed by atoms with E-state index in [4.69, 9.17) is 15.3 Å². The summed E-state index contributed by atoms with van der Waals surface area (Å²) < 4.78 is 1.62. The standard InChI is InChI=1S/C12H12N2O2.C9H8O4/c1-9-2-4-10(5-3-9)8-14-7-6-11(13-14)12(15)16;1-5-2-6(8(10)11)4-7(3-5)9(12)13/h2-7H,8H2,1H3,(H,15,16);2-4H,1H3,(H,10,11)(H,12,13). The molecule has 0 radical (unpaired) electrons. The molecule has 3 aromatic rings. The first-order valence-electron chi connectivity index (χ1n) is 8.56. The quantitative estimate of drug-likeness (QED) is 0.603. The average molecular weight is 396 g/mol. The second-order valence-electron chi connectivity index (χ2n) is 6.39. The van der Waals surface area contributed by atoms with Crippen molar-refractivity contribution in [3.05, 3.63) is 88.2 Å². The molecule has 0 unspecified atom stereocenters. The first-order chi connectivity index (χ1) is 13.7. The van der Waals surface area contributed by atoms with Crippen molar-refractivity contribution in [3.8, 4) is 0 Å². The molecule has 1 heterocycles. The number of nitrogens with zero attached hydrogens (tertiary/aromatic N) is 2. The maximum atomic E-state index is 10.6. The molecule has 0 atom stereocenters. The van der Waals surface area contributed by atoms with Crippen LogP contribution in [0.1, 0.15) is 47.9 Å². The highest BCUT2D eigenvalue weighted by atomic mass is 16.4. The lowest BCUT2D eigenvalue weighted by molar-refractivity contribution is 0.0678. The van der Waals surface area contributed by atoms with Crippen LogP contribution in [0.4, 0.5) is 0 Å². The zero-order valence-corrected chi connectivity index (χ0v) is 15.9. The van der Waals surface area contributed by atoms with Crippen molar-refractivity contribution in [2.24, 2.45) is 0 Å². The van der Waals surface area contributed by atoms with Gasteiger partial charge in [0.25, 0.3) is 0 Å². The van der Waals surface area contributed by atoms with Gasteiger partial charge in [0.15, 0.2) is 5.69 Å². The van der Waals surface area contributed by atoms with E-state index in [1.165, 1.54) is 23.8 Å². The van der Waals surface area contributed by atoms with Gasteiger partial charge >= 0.3 is 17.9 Å². The van der Waals surface area contributed by atoms with E-state index in [-0.39, 0.29) is 16.8 Å². The number of carbonyl (C=O) groups is 3. The molecule has 0 amide bonds. The van der Waals surface area contributed by atoms with Gasteiger partial charge in [-0.2, -0.15) is 5.10 Å². The van der Waals surface area contributed by atoms with Gasteiger partial charge < -0.3 is 15.3 Å². The molecule has 3 rings (SSSR count). The molecule has 0 spiro atoms. The fraction of sp³-hybridized carbons (Fsp3) is 0.143. The van der Waals surface area contributed by atoms with Crippen LogP contribution in [-0.4, -0.2) is 43.0 Å². The van der Waals surface area contributed by atoms with Gasteiger partial charge in [0.2, 0.25) is 0 Å². The van der Waals surface area contributed by atoms with E-state index in [1.807, 2.05) is 31.2 Å². The Morgan fingerprint density at radius 3 is 1.79 bits per heavy atom. The molecule has 29 heavy (non-hydrogen) atoms. The van der Waals surface area contributed by atoms with Gasteiger partial charge in [-0.3, -0.25) is 4.68 Å². The summed E-state index contributed by atoms with van der Waals surface area (Å²) in [6.45, 7) is 4.27. The minimum atomic E-state index is -1.12. The number of rotatable bonds is 5. The second-order valence-corrected chi connectivity index (χ2v) is 6.39. The lowest BCUT2D eigenvalue weighted by Crippen LogP contribution is -2.03. The molecule has 0 aliphatic carbocycles. The van der Waals surface area contributed by atoms with Gasteiger partial charge in [-0.15, -0.1) is 0 Å². The van der Waals surface area contributed by atoms with Crippen molar-refractivity contribution in [2.45, 2.75) is 20.4 Å². The Morgan fingerprint density at radius 1 is 0.793 bits per heavy atom. The summed E-state index contributed by atoms with van der Waals surface area (Å²) in [4.78, 5) is 31.7. The number of carboxylic acids is 3. The molecule has 150 valence electrons. The van der Waals surface area contributed by atoms with E-state index >= 15 is 0 Å². The lowest BCUT2D eigenvalue weighted by Gasteiger charge is -2.01. The van der Waals surface area contributed by atoms with Gasteiger partial charge in [0, 0.05) is 6.20 Å². The van der Waals surface area contributed by atoms with Crippen molar-refractivity contribution < 1.29 is 29.7 Å². The summed E-state index contributed by atoms with van der Waals surface area (Å²) in [7, 11) is 0. The van der Waals surface area contributed by atoms with Crippen molar-refractivity contribution in [3.63, 3.8) is 0 Å². The maximum Gasteiger partial charge on any atom is 0.356 e. The fourth-order valence-electron chi connectivity index (χ4n) is 2.47. The minimum Gasteiger partial charge on any atom is -0.478 e. The minimum absolute atomic E-state index is 0.00241. The molecule has 1 aromatic heterocycles. The predicted octanol–water partition coefficient (Wildman–Crippen LogP) is 3.33. The smallest absolute Gasteiger partial charge is 0.356 e. The van der Waals surface area contributed by atoms with E-state index in [0.29, 0.717) is 12.1 Å². The molecule has 0 saturated carbocycles. The SMILES string of the molecule is Cc1cc(C(=O)O)cc(C(=O)O)c1.Cc1ccc(Cn2ccc(C(=O)O)n2)cc1. The lowest BCUT2D eigenvalue weighted by atomic mass is 10.1. The van der Waals surface area contributed by atoms with Gasteiger partial charge in [-0.25, -0.2) is 14.4 Å². The van der Waals surface area contributed by atoms with Crippen molar-refractivity contribution in [1.29, 1.82) is 0 Å². The van der Waals surface area contributed by atoms with Gasteiger partial charge in [-0.1, -0.05) is 29.8 Å². The number of hydrogen-bond donors (Lipinski definition) is 3. The van der Waals surface area contributed by atoms with E-state index in [0.717, 1.165) is 11.6 Å². The Morgan fingerprint density at radius 2 is 1.34 bits per heavy atom. The summed E-state index contributed by atoms with van der Waals surface area (Å²) in [6.07, 6.45) is 1.67. The van der Waals surface area contributed by atoms with Crippen LogP contribution in [0.5, 0.6) is 0 Å². The fourth-order valence-corrected chi connectivity index (χ4v) is 2.47. The molecule has 3 N–H and O–H groups in total. The third-order valence-corrected chi connectivity index (χ3v) is 3.90. The first-order valence-corrected chi connectivity index (χ1v) is 8.56. The Bertz CT molecular complexity index is 1010. The monoisotopic (exact) mass is 396 g/mol. The van der Waals surface area contributed by atoms with Crippen LogP contribution in [0.25, 0.3) is 0 Å². The van der Waals surface area contributed by atoms with Gasteiger partial charge in [0.05, 0.1) is 17.7 Å². The van der Waals surface area contributed by atoms with Crippen molar-refractivity contribution in [1.82, 2.24) is 9.78 Å². The van der Waals surface area contributed by atoms with E-state index in [1.54, 1.807) is 17.8 Å². The zero-order valence-electron chi connectivity index (χ0n) is 15.9. The van der Waals surface area contributed by atoms with Crippen LogP contribution in [0.15, 0.2) is 54.7 Å². The molecule has 0 fully saturated rings. The summed E-state index contributed by atoms with van der Waals surface area (Å²) in [6, 6.07) is 13.6. The molecule has 0 aliphatic rings. The normalized spacial score (nSPS) is 10.0. The number of hydrogen-bond acceptors (Lipinski definition) is 4. The zero-order chi connectivity index (χ0) is 21.6. The molecular formula is C21H20N2O6. The molecule has 0 bridgehead atoms. The van der Waals surface area contributed by atoms with E-state index in [9.17, 15) is 14.4 Å². The number of benzene rings is 2. The largest absolute Gasteiger partial charge is 0.478 e. The van der Waals surface area contributed by atoms with Gasteiger partial charge in [0.1, 0.15) is 0 Å². The molecule has 0 saturated heterocycles. The number of aromatic carboxylic acids is 3. The summed E-state index contributed by atoms with van der Waals surface area (Å²) in [5.41, 5.74) is 3.00. The van der Waals surface area contributed by atoms with Crippen molar-refractivity contribution >= 4 is 17.9 Å². The summed E-state index contributed by atoms with van der Waals surface area (Å²) in [5, 5.41) is 29.9. The maximum absolute atomic E-state index is 10.6. The third-order valence-electron chi connectivity index (χ3n) is 3.90. The predicted molar refractivity (Wildman–Crippen MR) is 105 cm³/mol. The van der Waals surface area contributed by atoms with E-state index < -0.39 is 17.9 Å². The van der Waals surface area contributed by atoms with Crippen LogP contribution in [0.2, 0.25) is 0 Å². The van der Waals surface area contributed by atoms with Crippen LogP contribution >= 0.6 is 0 Å². The Hall–Kier alpha value is -3.94. The first kappa shape index (κ1) is 21.4. The highest BCUT2D eigenvalue weighted by Crippen LogP contribution is 2.09. The Labute approximate surface area is 166 Å². The van der Waals surface area contributed by atoms with Crippen LogP contribution in [0.3, 0.4) is 0 Å². The highest BCUT2D eigenvalue weighted by molar-refractivity contribution is 5.94. The van der Waals surface area contributed by atoms with Crippen LogP contribution < -0.4 is 0 Å². The van der Waals surface area contributed by atoms with Gasteiger partial charge in [-0.05, 0) is 49.2 Å². The number of aromatic nitrogens is 2. The van der Waals surface area contributed by atoms with Crippen LogP contribution in [-0.2, 0) is 6.54 Å². The number of aryl methyl sites for hydroxylation is 2. The van der Waals surface area contributed by atoms with E-state index in [2.05, 4.69) is 5.10 Å². The topological polar surface area (TPSA) is 130 Å². The van der Waals surface area contributed by atoms with Crippen LogP contribution in [0, 0.1) is 13.8 Å². The summed E-state index contributed by atoms with van der Waals surface area (Å²) in [5.74, 6) is -3.24. The molecule has 0 aliphatic heterocycles. The Kier molecular flexibility index (Phi) is 6.86. The highest BCUT2D eigenvalue weighted by Gasteiger charge is 2.09. The Balaban J connectivity index is 0.000000212.